The Morgan fingerprint density at radius 3 is 2.53 bits per heavy atom. The van der Waals surface area contributed by atoms with Gasteiger partial charge in [0.15, 0.2) is 0 Å². The predicted molar refractivity (Wildman–Crippen MR) is 75.8 cm³/mol. The van der Waals surface area contributed by atoms with Crippen LogP contribution in [0.25, 0.3) is 16.8 Å². The van der Waals surface area contributed by atoms with Crippen molar-refractivity contribution in [2.75, 3.05) is 6.54 Å². The molecule has 0 aliphatic rings. The molecule has 2 rings (SSSR count). The smallest absolute Gasteiger partial charge is 0.0142 e. The summed E-state index contributed by atoms with van der Waals surface area (Å²) in [6, 6.07) is 14.9. The van der Waals surface area contributed by atoms with Gasteiger partial charge >= 0.3 is 0 Å². The molecule has 2 N–H and O–H groups in total. The van der Waals surface area contributed by atoms with Crippen molar-refractivity contribution in [1.29, 1.82) is 0 Å². The minimum absolute atomic E-state index is 0.499. The zero-order valence-electron chi connectivity index (χ0n) is 10.5. The van der Waals surface area contributed by atoms with Gasteiger partial charge in [-0.15, -0.1) is 0 Å². The molecule has 1 nitrogen and oxygen atoms in total. The fourth-order valence-electron chi connectivity index (χ4n) is 2.04. The van der Waals surface area contributed by atoms with E-state index in [0.717, 1.165) is 0 Å². The van der Waals surface area contributed by atoms with Crippen molar-refractivity contribution in [3.05, 3.63) is 53.6 Å². The summed E-state index contributed by atoms with van der Waals surface area (Å²) in [4.78, 5) is 0. The highest BCUT2D eigenvalue weighted by atomic mass is 14.5. The molecule has 2 aromatic carbocycles. The molecule has 0 atom stereocenters. The number of fused-ring (bicyclic) bond motifs is 1. The van der Waals surface area contributed by atoms with Crippen molar-refractivity contribution in [1.82, 2.24) is 0 Å². The summed E-state index contributed by atoms with van der Waals surface area (Å²) in [7, 11) is 0. The van der Waals surface area contributed by atoms with Crippen molar-refractivity contribution in [2.24, 2.45) is 11.7 Å². The van der Waals surface area contributed by atoms with Gasteiger partial charge in [0.2, 0.25) is 0 Å². The van der Waals surface area contributed by atoms with Gasteiger partial charge in [-0.3, -0.25) is 0 Å². The molecule has 0 unspecified atom stereocenters. The molecule has 0 spiro atoms. The van der Waals surface area contributed by atoms with E-state index in [0.29, 0.717) is 12.5 Å². The maximum atomic E-state index is 5.80. The van der Waals surface area contributed by atoms with Gasteiger partial charge in [0.05, 0.1) is 0 Å². The van der Waals surface area contributed by atoms with Gasteiger partial charge in [-0.1, -0.05) is 68.0 Å². The van der Waals surface area contributed by atoms with E-state index in [9.17, 15) is 0 Å². The molecule has 0 amide bonds. The molecule has 0 saturated heterocycles. The van der Waals surface area contributed by atoms with Crippen LogP contribution in [0.5, 0.6) is 0 Å². The second kappa shape index (κ2) is 5.15. The first kappa shape index (κ1) is 11.9. The molecule has 0 fully saturated rings. The van der Waals surface area contributed by atoms with Crippen molar-refractivity contribution in [3.63, 3.8) is 0 Å². The first-order chi connectivity index (χ1) is 8.22. The van der Waals surface area contributed by atoms with E-state index < -0.39 is 0 Å². The Bertz CT molecular complexity index is 533. The standard InChI is InChI=1S/C16H19N/c1-12(2)15(11-17)10-14-8-5-7-13-6-3-4-9-16(13)14/h3-10,12H,11,17H2,1-2H3. The van der Waals surface area contributed by atoms with E-state index in [-0.39, 0.29) is 0 Å². The van der Waals surface area contributed by atoms with E-state index >= 15 is 0 Å². The van der Waals surface area contributed by atoms with Gasteiger partial charge in [-0.05, 0) is 22.3 Å². The lowest BCUT2D eigenvalue weighted by molar-refractivity contribution is 0.753. The fourth-order valence-corrected chi connectivity index (χ4v) is 2.04. The summed E-state index contributed by atoms with van der Waals surface area (Å²) in [5.41, 5.74) is 8.35. The second-order valence-electron chi connectivity index (χ2n) is 4.65. The molecular formula is C16H19N. The van der Waals surface area contributed by atoms with E-state index in [1.54, 1.807) is 0 Å². The molecule has 0 aliphatic heterocycles. The molecule has 0 heterocycles. The summed E-state index contributed by atoms with van der Waals surface area (Å²) in [5.74, 6) is 0.499. The predicted octanol–water partition coefficient (Wildman–Crippen LogP) is 3.84. The highest BCUT2D eigenvalue weighted by Gasteiger charge is 2.03. The monoisotopic (exact) mass is 225 g/mol. The molecule has 17 heavy (non-hydrogen) atoms. The Balaban J connectivity index is 2.56. The zero-order chi connectivity index (χ0) is 12.3. The van der Waals surface area contributed by atoms with Crippen molar-refractivity contribution < 1.29 is 0 Å². The SMILES string of the molecule is CC(C)C(=Cc1cccc2ccccc12)CN. The first-order valence-corrected chi connectivity index (χ1v) is 6.10. The number of nitrogens with two attached hydrogens (primary N) is 1. The van der Waals surface area contributed by atoms with Crippen molar-refractivity contribution >= 4 is 16.8 Å². The lowest BCUT2D eigenvalue weighted by atomic mass is 9.97. The molecular weight excluding hydrogens is 206 g/mol. The van der Waals surface area contributed by atoms with Gasteiger partial charge in [0.1, 0.15) is 0 Å². The van der Waals surface area contributed by atoms with E-state index in [1.165, 1.54) is 21.9 Å². The van der Waals surface area contributed by atoms with Gasteiger partial charge in [-0.2, -0.15) is 0 Å². The van der Waals surface area contributed by atoms with Crippen molar-refractivity contribution in [2.45, 2.75) is 13.8 Å². The summed E-state index contributed by atoms with van der Waals surface area (Å²) in [6.45, 7) is 4.99. The minimum atomic E-state index is 0.499. The third kappa shape index (κ3) is 2.56. The molecule has 0 saturated carbocycles. The van der Waals surface area contributed by atoms with Crippen molar-refractivity contribution in [3.8, 4) is 0 Å². The van der Waals surface area contributed by atoms with Crippen LogP contribution in [0.15, 0.2) is 48.0 Å². The second-order valence-corrected chi connectivity index (χ2v) is 4.65. The van der Waals surface area contributed by atoms with Crippen LogP contribution in [-0.2, 0) is 0 Å². The molecule has 88 valence electrons. The Labute approximate surface area is 103 Å². The number of benzene rings is 2. The quantitative estimate of drug-likeness (QED) is 0.844. The highest BCUT2D eigenvalue weighted by Crippen LogP contribution is 2.22. The fraction of sp³-hybridized carbons (Fsp3) is 0.250. The minimum Gasteiger partial charge on any atom is -0.327 e. The van der Waals surface area contributed by atoms with E-state index in [2.05, 4.69) is 62.4 Å². The van der Waals surface area contributed by atoms with Gasteiger partial charge in [0.25, 0.3) is 0 Å². The lowest BCUT2D eigenvalue weighted by Crippen LogP contribution is -2.08. The van der Waals surface area contributed by atoms with Gasteiger partial charge < -0.3 is 5.73 Å². The summed E-state index contributed by atoms with van der Waals surface area (Å²) >= 11 is 0. The third-order valence-corrected chi connectivity index (χ3v) is 3.14. The third-order valence-electron chi connectivity index (χ3n) is 3.14. The van der Waals surface area contributed by atoms with Gasteiger partial charge in [0, 0.05) is 6.54 Å². The highest BCUT2D eigenvalue weighted by molar-refractivity contribution is 5.90. The van der Waals surface area contributed by atoms with Crippen LogP contribution in [0, 0.1) is 5.92 Å². The normalized spacial score (nSPS) is 12.4. The molecule has 2 aromatic rings. The van der Waals surface area contributed by atoms with Crippen LogP contribution in [-0.4, -0.2) is 6.54 Å². The Morgan fingerprint density at radius 2 is 1.82 bits per heavy atom. The van der Waals surface area contributed by atoms with Crippen LogP contribution in [0.1, 0.15) is 19.4 Å². The zero-order valence-corrected chi connectivity index (χ0v) is 10.5. The van der Waals surface area contributed by atoms with E-state index in [1.807, 2.05) is 0 Å². The largest absolute Gasteiger partial charge is 0.327 e. The van der Waals surface area contributed by atoms with Crippen LogP contribution >= 0.6 is 0 Å². The van der Waals surface area contributed by atoms with Crippen LogP contribution in [0.2, 0.25) is 0 Å². The average Bonchev–Trinajstić information content (AvgIpc) is 2.35. The maximum absolute atomic E-state index is 5.80. The Kier molecular flexibility index (Phi) is 3.60. The van der Waals surface area contributed by atoms with E-state index in [4.69, 9.17) is 5.73 Å². The number of rotatable bonds is 3. The average molecular weight is 225 g/mol. The van der Waals surface area contributed by atoms with Crippen LogP contribution < -0.4 is 5.73 Å². The topological polar surface area (TPSA) is 26.0 Å². The Hall–Kier alpha value is -1.60. The molecule has 0 aliphatic carbocycles. The molecule has 1 heteroatoms. The first-order valence-electron chi connectivity index (χ1n) is 6.10. The molecule has 0 aromatic heterocycles. The lowest BCUT2D eigenvalue weighted by Gasteiger charge is -2.10. The summed E-state index contributed by atoms with van der Waals surface area (Å²) in [5, 5.41) is 2.57. The number of hydrogen-bond donors (Lipinski definition) is 1. The van der Waals surface area contributed by atoms with Gasteiger partial charge in [-0.25, -0.2) is 0 Å². The van der Waals surface area contributed by atoms with Crippen LogP contribution in [0.4, 0.5) is 0 Å². The Morgan fingerprint density at radius 1 is 1.12 bits per heavy atom. The summed E-state index contributed by atoms with van der Waals surface area (Å²) in [6.07, 6.45) is 2.23. The number of hydrogen-bond acceptors (Lipinski definition) is 1. The summed E-state index contributed by atoms with van der Waals surface area (Å²) < 4.78 is 0. The molecule has 0 radical (unpaired) electrons. The molecule has 0 bridgehead atoms. The maximum Gasteiger partial charge on any atom is 0.0142 e. The van der Waals surface area contributed by atoms with Crippen LogP contribution in [0.3, 0.4) is 0 Å².